The number of carbonyl (C=O) groups excluding carboxylic acids is 2. The van der Waals surface area contributed by atoms with E-state index in [2.05, 4.69) is 10.1 Å². The van der Waals surface area contributed by atoms with Gasteiger partial charge in [0.2, 0.25) is 0 Å². The van der Waals surface area contributed by atoms with E-state index in [1.165, 1.54) is 24.9 Å². The summed E-state index contributed by atoms with van der Waals surface area (Å²) in [7, 11) is 1.20. The van der Waals surface area contributed by atoms with Gasteiger partial charge in [0.25, 0.3) is 5.91 Å². The quantitative estimate of drug-likeness (QED) is 0.518. The number of benzene rings is 2. The fourth-order valence-corrected chi connectivity index (χ4v) is 3.03. The number of rotatable bonds is 7. The van der Waals surface area contributed by atoms with E-state index in [0.717, 1.165) is 17.0 Å². The molecule has 2 atom stereocenters. The van der Waals surface area contributed by atoms with Crippen molar-refractivity contribution in [2.24, 2.45) is 0 Å². The van der Waals surface area contributed by atoms with Gasteiger partial charge in [0, 0.05) is 4.90 Å². The molecule has 2 aromatic carbocycles. The van der Waals surface area contributed by atoms with Gasteiger partial charge in [0.1, 0.15) is 0 Å². The number of methoxy groups -OCH3 is 1. The minimum Gasteiger partial charge on any atom is -0.469 e. The molecule has 9 heteroatoms. The number of aliphatic hydroxyl groups excluding tert-OH is 1. The Kier molecular flexibility index (Phi) is 7.69. The van der Waals surface area contributed by atoms with Crippen LogP contribution in [-0.2, 0) is 20.5 Å². The summed E-state index contributed by atoms with van der Waals surface area (Å²) in [5, 5.41) is 12.8. The van der Waals surface area contributed by atoms with Crippen molar-refractivity contribution < 1.29 is 32.6 Å². The first-order valence-corrected chi connectivity index (χ1v) is 9.74. The molecule has 0 spiro atoms. The van der Waals surface area contributed by atoms with Crippen molar-refractivity contribution in [1.82, 2.24) is 5.32 Å². The van der Waals surface area contributed by atoms with Gasteiger partial charge in [0.15, 0.2) is 6.10 Å². The molecule has 0 aliphatic carbocycles. The average molecular weight is 427 g/mol. The molecular weight excluding hydrogens is 407 g/mol. The largest absolute Gasteiger partial charge is 0.469 e. The standard InChI is InChI=1S/C20H20F3NO4S/c1-28-17(25)11-16(12-6-8-15(29-2)9-7-12)24-19(27)18(26)13-4-3-5-14(10-13)20(21,22)23/h3-10,16,18,26H,11H2,1-2H3,(H,24,27). The Morgan fingerprint density at radius 2 is 1.79 bits per heavy atom. The van der Waals surface area contributed by atoms with Gasteiger partial charge in [-0.05, 0) is 41.6 Å². The van der Waals surface area contributed by atoms with Crippen LogP contribution < -0.4 is 5.32 Å². The molecule has 0 saturated carbocycles. The molecular formula is C20H20F3NO4S. The molecule has 0 heterocycles. The monoisotopic (exact) mass is 427 g/mol. The lowest BCUT2D eigenvalue weighted by atomic mass is 10.0. The number of esters is 1. The second-order valence-electron chi connectivity index (χ2n) is 6.14. The van der Waals surface area contributed by atoms with Gasteiger partial charge >= 0.3 is 12.1 Å². The molecule has 2 N–H and O–H groups in total. The fraction of sp³-hybridized carbons (Fsp3) is 0.300. The van der Waals surface area contributed by atoms with E-state index in [1.807, 2.05) is 6.26 Å². The number of hydrogen-bond donors (Lipinski definition) is 2. The van der Waals surface area contributed by atoms with E-state index >= 15 is 0 Å². The molecule has 0 bridgehead atoms. The lowest BCUT2D eigenvalue weighted by Crippen LogP contribution is -2.34. The number of aliphatic hydroxyl groups is 1. The zero-order valence-corrected chi connectivity index (χ0v) is 16.5. The predicted molar refractivity (Wildman–Crippen MR) is 102 cm³/mol. The summed E-state index contributed by atoms with van der Waals surface area (Å²) >= 11 is 1.52. The van der Waals surface area contributed by atoms with Crippen molar-refractivity contribution in [1.29, 1.82) is 0 Å². The third-order valence-electron chi connectivity index (χ3n) is 4.21. The van der Waals surface area contributed by atoms with E-state index in [9.17, 15) is 27.9 Å². The number of ether oxygens (including phenoxy) is 1. The van der Waals surface area contributed by atoms with Gasteiger partial charge in [-0.25, -0.2) is 0 Å². The van der Waals surface area contributed by atoms with Gasteiger partial charge < -0.3 is 15.2 Å². The number of alkyl halides is 3. The van der Waals surface area contributed by atoms with Gasteiger partial charge in [-0.2, -0.15) is 13.2 Å². The highest BCUT2D eigenvalue weighted by Gasteiger charge is 2.32. The summed E-state index contributed by atoms with van der Waals surface area (Å²) in [4.78, 5) is 25.2. The highest BCUT2D eigenvalue weighted by Crippen LogP contribution is 2.31. The first-order chi connectivity index (χ1) is 13.7. The topological polar surface area (TPSA) is 75.6 Å². The number of carbonyl (C=O) groups is 2. The first-order valence-electron chi connectivity index (χ1n) is 8.52. The molecule has 0 aliphatic heterocycles. The summed E-state index contributed by atoms with van der Waals surface area (Å²) in [5.41, 5.74) is -0.578. The zero-order chi connectivity index (χ0) is 21.6. The van der Waals surface area contributed by atoms with Crippen molar-refractivity contribution in [3.05, 3.63) is 65.2 Å². The predicted octanol–water partition coefficient (Wildman–Crippen LogP) is 3.88. The van der Waals surface area contributed by atoms with Crippen LogP contribution in [0.5, 0.6) is 0 Å². The fourth-order valence-electron chi connectivity index (χ4n) is 2.63. The van der Waals surface area contributed by atoms with E-state index in [0.29, 0.717) is 11.6 Å². The summed E-state index contributed by atoms with van der Waals surface area (Å²) < 4.78 is 43.3. The SMILES string of the molecule is COC(=O)CC(NC(=O)C(O)c1cccc(C(F)(F)F)c1)c1ccc(SC)cc1. The van der Waals surface area contributed by atoms with Crippen molar-refractivity contribution >= 4 is 23.6 Å². The Hall–Kier alpha value is -2.52. The van der Waals surface area contributed by atoms with Crippen molar-refractivity contribution in [3.63, 3.8) is 0 Å². The maximum Gasteiger partial charge on any atom is 0.416 e. The van der Waals surface area contributed by atoms with Crippen LogP contribution in [-0.4, -0.2) is 30.3 Å². The van der Waals surface area contributed by atoms with Crippen LogP contribution in [0.4, 0.5) is 13.2 Å². The van der Waals surface area contributed by atoms with Crippen LogP contribution in [0.3, 0.4) is 0 Å². The molecule has 156 valence electrons. The lowest BCUT2D eigenvalue weighted by molar-refractivity contribution is -0.142. The first kappa shape index (κ1) is 22.8. The van der Waals surface area contributed by atoms with Crippen LogP contribution in [0.2, 0.25) is 0 Å². The molecule has 2 rings (SSSR count). The Balaban J connectivity index is 2.22. The summed E-state index contributed by atoms with van der Waals surface area (Å²) in [6.07, 6.45) is -4.73. The van der Waals surface area contributed by atoms with Gasteiger partial charge in [-0.1, -0.05) is 24.3 Å². The Bertz CT molecular complexity index is 856. The van der Waals surface area contributed by atoms with Crippen LogP contribution in [0.1, 0.15) is 35.3 Å². The Morgan fingerprint density at radius 3 is 2.34 bits per heavy atom. The highest BCUT2D eigenvalue weighted by atomic mass is 32.2. The molecule has 0 aromatic heterocycles. The Morgan fingerprint density at radius 1 is 1.14 bits per heavy atom. The number of halogens is 3. The number of thioether (sulfide) groups is 1. The summed E-state index contributed by atoms with van der Waals surface area (Å²) in [6.45, 7) is 0. The van der Waals surface area contributed by atoms with Crippen LogP contribution in [0.15, 0.2) is 53.4 Å². The number of amides is 1. The zero-order valence-electron chi connectivity index (χ0n) is 15.7. The minimum atomic E-state index is -4.60. The summed E-state index contributed by atoms with van der Waals surface area (Å²) in [6, 6.07) is 10.1. The molecule has 1 amide bonds. The summed E-state index contributed by atoms with van der Waals surface area (Å²) in [5.74, 6) is -1.51. The second kappa shape index (κ2) is 9.80. The molecule has 2 unspecified atom stereocenters. The van der Waals surface area contributed by atoms with Crippen LogP contribution >= 0.6 is 11.8 Å². The maximum atomic E-state index is 12.9. The van der Waals surface area contributed by atoms with Crippen molar-refractivity contribution in [2.45, 2.75) is 29.6 Å². The molecule has 0 fully saturated rings. The second-order valence-corrected chi connectivity index (χ2v) is 7.02. The normalized spacial score (nSPS) is 13.4. The van der Waals surface area contributed by atoms with E-state index in [1.54, 1.807) is 24.3 Å². The minimum absolute atomic E-state index is 0.198. The average Bonchev–Trinajstić information content (AvgIpc) is 2.72. The van der Waals surface area contributed by atoms with Crippen molar-refractivity contribution in [3.8, 4) is 0 Å². The van der Waals surface area contributed by atoms with Gasteiger partial charge in [-0.15, -0.1) is 11.8 Å². The van der Waals surface area contributed by atoms with Crippen LogP contribution in [0.25, 0.3) is 0 Å². The third kappa shape index (κ3) is 6.23. The molecule has 0 radical (unpaired) electrons. The molecule has 5 nitrogen and oxygen atoms in total. The van der Waals surface area contributed by atoms with Gasteiger partial charge in [-0.3, -0.25) is 9.59 Å². The number of hydrogen-bond acceptors (Lipinski definition) is 5. The number of nitrogens with one attached hydrogen (secondary N) is 1. The maximum absolute atomic E-state index is 12.9. The molecule has 0 saturated heterocycles. The van der Waals surface area contributed by atoms with E-state index < -0.39 is 35.8 Å². The van der Waals surface area contributed by atoms with Crippen molar-refractivity contribution in [2.75, 3.05) is 13.4 Å². The van der Waals surface area contributed by atoms with E-state index in [-0.39, 0.29) is 12.0 Å². The van der Waals surface area contributed by atoms with Crippen LogP contribution in [0, 0.1) is 0 Å². The lowest BCUT2D eigenvalue weighted by Gasteiger charge is -2.21. The molecule has 29 heavy (non-hydrogen) atoms. The molecule has 0 aliphatic rings. The molecule has 2 aromatic rings. The van der Waals surface area contributed by atoms with Gasteiger partial charge in [0.05, 0.1) is 25.1 Å². The van der Waals surface area contributed by atoms with E-state index in [4.69, 9.17) is 0 Å². The smallest absolute Gasteiger partial charge is 0.416 e. The third-order valence-corrected chi connectivity index (χ3v) is 4.95. The highest BCUT2D eigenvalue weighted by molar-refractivity contribution is 7.98. The Labute approximate surface area is 170 Å².